The molecule has 0 bridgehead atoms. The second kappa shape index (κ2) is 10.8. The molecule has 0 saturated heterocycles. The lowest BCUT2D eigenvalue weighted by atomic mass is 10.4. The third-order valence-electron chi connectivity index (χ3n) is 0.544. The molecule has 0 atom stereocenters. The van der Waals surface area contributed by atoms with Gasteiger partial charge in [0.15, 0.2) is 0 Å². The smallest absolute Gasteiger partial charge is 0.0784 e. The SMILES string of the molecule is CCC.NCC(O)CN. The van der Waals surface area contributed by atoms with E-state index in [1.54, 1.807) is 0 Å². The highest BCUT2D eigenvalue weighted by Crippen LogP contribution is 1.66. The van der Waals surface area contributed by atoms with E-state index in [0.717, 1.165) is 0 Å². The maximum absolute atomic E-state index is 8.42. The van der Waals surface area contributed by atoms with Gasteiger partial charge in [-0.2, -0.15) is 0 Å². The molecule has 0 aromatic carbocycles. The van der Waals surface area contributed by atoms with Gasteiger partial charge >= 0.3 is 0 Å². The van der Waals surface area contributed by atoms with E-state index in [4.69, 9.17) is 16.6 Å². The average Bonchev–Trinajstić information content (AvgIpc) is 1.88. The first kappa shape index (κ1) is 11.6. The van der Waals surface area contributed by atoms with Crippen molar-refractivity contribution < 1.29 is 5.11 Å². The van der Waals surface area contributed by atoms with Crippen molar-refractivity contribution in [2.24, 2.45) is 11.5 Å². The quantitative estimate of drug-likeness (QED) is 0.484. The van der Waals surface area contributed by atoms with E-state index in [0.29, 0.717) is 0 Å². The Morgan fingerprint density at radius 2 is 1.44 bits per heavy atom. The molecule has 3 heteroatoms. The highest BCUT2D eigenvalue weighted by Gasteiger charge is 1.91. The van der Waals surface area contributed by atoms with Gasteiger partial charge in [0.1, 0.15) is 0 Å². The summed E-state index contributed by atoms with van der Waals surface area (Å²) in [4.78, 5) is 0. The van der Waals surface area contributed by atoms with Gasteiger partial charge in [0.05, 0.1) is 6.10 Å². The fourth-order valence-electron chi connectivity index (χ4n) is 0.0962. The van der Waals surface area contributed by atoms with Gasteiger partial charge in [-0.05, 0) is 0 Å². The van der Waals surface area contributed by atoms with Gasteiger partial charge in [0.2, 0.25) is 0 Å². The average molecular weight is 134 g/mol. The number of rotatable bonds is 2. The van der Waals surface area contributed by atoms with Crippen LogP contribution in [-0.2, 0) is 0 Å². The number of nitrogens with two attached hydrogens (primary N) is 2. The highest BCUT2D eigenvalue weighted by molar-refractivity contribution is 4.52. The van der Waals surface area contributed by atoms with Crippen LogP contribution in [0.3, 0.4) is 0 Å². The second-order valence-electron chi connectivity index (χ2n) is 1.83. The number of aliphatic hydroxyl groups is 1. The van der Waals surface area contributed by atoms with Crippen LogP contribution in [-0.4, -0.2) is 24.3 Å². The molecule has 0 radical (unpaired) electrons. The van der Waals surface area contributed by atoms with Crippen molar-refractivity contribution in [1.29, 1.82) is 0 Å². The van der Waals surface area contributed by atoms with Gasteiger partial charge in [-0.15, -0.1) is 0 Å². The van der Waals surface area contributed by atoms with E-state index >= 15 is 0 Å². The molecule has 0 rings (SSSR count). The Balaban J connectivity index is 0. The zero-order chi connectivity index (χ0) is 7.70. The predicted molar refractivity (Wildman–Crippen MR) is 40.1 cm³/mol. The summed E-state index contributed by atoms with van der Waals surface area (Å²) >= 11 is 0. The van der Waals surface area contributed by atoms with Gasteiger partial charge in [0, 0.05) is 13.1 Å². The van der Waals surface area contributed by atoms with Crippen LogP contribution in [0.5, 0.6) is 0 Å². The second-order valence-corrected chi connectivity index (χ2v) is 1.83. The summed E-state index contributed by atoms with van der Waals surface area (Å²) in [6.45, 7) is 4.77. The molecule has 9 heavy (non-hydrogen) atoms. The molecule has 0 heterocycles. The van der Waals surface area contributed by atoms with Gasteiger partial charge < -0.3 is 16.6 Å². The van der Waals surface area contributed by atoms with Crippen LogP contribution < -0.4 is 11.5 Å². The van der Waals surface area contributed by atoms with Crippen LogP contribution in [0.15, 0.2) is 0 Å². The lowest BCUT2D eigenvalue weighted by Crippen LogP contribution is -2.27. The molecule has 58 valence electrons. The van der Waals surface area contributed by atoms with Crippen LogP contribution >= 0.6 is 0 Å². The van der Waals surface area contributed by atoms with Crippen molar-refractivity contribution in [2.75, 3.05) is 13.1 Å². The van der Waals surface area contributed by atoms with Gasteiger partial charge in [-0.1, -0.05) is 20.3 Å². The van der Waals surface area contributed by atoms with E-state index in [2.05, 4.69) is 13.8 Å². The zero-order valence-corrected chi connectivity index (χ0v) is 6.30. The lowest BCUT2D eigenvalue weighted by Gasteiger charge is -1.98. The molecule has 0 amide bonds. The normalized spacial score (nSPS) is 8.67. The summed E-state index contributed by atoms with van der Waals surface area (Å²) in [5, 5.41) is 8.42. The van der Waals surface area contributed by atoms with Crippen molar-refractivity contribution >= 4 is 0 Å². The van der Waals surface area contributed by atoms with Crippen molar-refractivity contribution in [1.82, 2.24) is 0 Å². The number of aliphatic hydroxyl groups excluding tert-OH is 1. The number of hydrogen-bond acceptors (Lipinski definition) is 3. The molecule has 0 spiro atoms. The molecule has 0 aliphatic heterocycles. The topological polar surface area (TPSA) is 72.3 Å². The standard InChI is InChI=1S/C3H10N2O.C3H8/c4-1-3(6)2-5;1-3-2/h3,6H,1-2,4-5H2;3H2,1-2H3. The summed E-state index contributed by atoms with van der Waals surface area (Å²) in [5.41, 5.74) is 9.91. The van der Waals surface area contributed by atoms with Crippen LogP contribution in [0.1, 0.15) is 20.3 Å². The minimum Gasteiger partial charge on any atom is -0.390 e. The zero-order valence-electron chi connectivity index (χ0n) is 6.30. The third-order valence-corrected chi connectivity index (χ3v) is 0.544. The Morgan fingerprint density at radius 3 is 1.44 bits per heavy atom. The third kappa shape index (κ3) is 18.1. The van der Waals surface area contributed by atoms with Crippen molar-refractivity contribution in [3.8, 4) is 0 Å². The van der Waals surface area contributed by atoms with E-state index in [1.807, 2.05) is 0 Å². The van der Waals surface area contributed by atoms with Crippen LogP contribution in [0, 0.1) is 0 Å². The molecule has 0 aromatic rings. The van der Waals surface area contributed by atoms with Crippen molar-refractivity contribution in [2.45, 2.75) is 26.4 Å². The Kier molecular flexibility index (Phi) is 14.0. The minimum absolute atomic E-state index is 0.260. The van der Waals surface area contributed by atoms with Crippen molar-refractivity contribution in [3.63, 3.8) is 0 Å². The Hall–Kier alpha value is -0.120. The minimum atomic E-state index is -0.509. The molecule has 0 aromatic heterocycles. The Morgan fingerprint density at radius 1 is 1.22 bits per heavy atom. The predicted octanol–water partition coefficient (Wildman–Crippen LogP) is -0.319. The van der Waals surface area contributed by atoms with E-state index in [1.165, 1.54) is 6.42 Å². The summed E-state index contributed by atoms with van der Waals surface area (Å²) in [6.07, 6.45) is 0.741. The summed E-state index contributed by atoms with van der Waals surface area (Å²) in [5.74, 6) is 0. The highest BCUT2D eigenvalue weighted by atomic mass is 16.3. The first-order valence-electron chi connectivity index (χ1n) is 3.31. The summed E-state index contributed by atoms with van der Waals surface area (Å²) in [6, 6.07) is 0. The van der Waals surface area contributed by atoms with Crippen LogP contribution in [0.25, 0.3) is 0 Å². The van der Waals surface area contributed by atoms with Gasteiger partial charge in [-0.25, -0.2) is 0 Å². The molecule has 0 aliphatic rings. The maximum Gasteiger partial charge on any atom is 0.0784 e. The molecule has 0 fully saturated rings. The van der Waals surface area contributed by atoms with Crippen molar-refractivity contribution in [3.05, 3.63) is 0 Å². The van der Waals surface area contributed by atoms with Crippen LogP contribution in [0.4, 0.5) is 0 Å². The Bertz CT molecular complexity index is 38.0. The van der Waals surface area contributed by atoms with Gasteiger partial charge in [0.25, 0.3) is 0 Å². The van der Waals surface area contributed by atoms with E-state index in [-0.39, 0.29) is 13.1 Å². The van der Waals surface area contributed by atoms with E-state index in [9.17, 15) is 0 Å². The lowest BCUT2D eigenvalue weighted by molar-refractivity contribution is 0.191. The molecule has 0 aliphatic carbocycles. The summed E-state index contributed by atoms with van der Waals surface area (Å²) < 4.78 is 0. The largest absolute Gasteiger partial charge is 0.390 e. The molecular formula is C6H18N2O. The molecule has 3 nitrogen and oxygen atoms in total. The monoisotopic (exact) mass is 134 g/mol. The first-order chi connectivity index (χ1) is 4.22. The fourth-order valence-corrected chi connectivity index (χ4v) is 0.0962. The number of hydrogen-bond donors (Lipinski definition) is 3. The van der Waals surface area contributed by atoms with Gasteiger partial charge in [-0.3, -0.25) is 0 Å². The van der Waals surface area contributed by atoms with Crippen LogP contribution in [0.2, 0.25) is 0 Å². The molecule has 5 N–H and O–H groups in total. The Labute approximate surface area is 57.0 Å². The van der Waals surface area contributed by atoms with E-state index < -0.39 is 6.10 Å². The first-order valence-corrected chi connectivity index (χ1v) is 3.31. The molecule has 0 unspecified atom stereocenters. The summed E-state index contributed by atoms with van der Waals surface area (Å²) in [7, 11) is 0. The fraction of sp³-hybridized carbons (Fsp3) is 1.00. The molecular weight excluding hydrogens is 116 g/mol. The maximum atomic E-state index is 8.42. The molecule has 0 saturated carbocycles.